The first-order valence-electron chi connectivity index (χ1n) is 3.57. The predicted molar refractivity (Wildman–Crippen MR) is 55.2 cm³/mol. The van der Waals surface area contributed by atoms with Crippen molar-refractivity contribution >= 4 is 28.7 Å². The quantitative estimate of drug-likeness (QED) is 0.270. The SMILES string of the molecule is NC(=S)C(=Nc1ccccc1)NO. The van der Waals surface area contributed by atoms with Gasteiger partial charge in [0.05, 0.1) is 5.69 Å². The third-order valence-corrected chi connectivity index (χ3v) is 1.53. The predicted octanol–water partition coefficient (Wildman–Crippen LogP) is 0.982. The Balaban J connectivity index is 2.92. The highest BCUT2D eigenvalue weighted by Crippen LogP contribution is 2.09. The highest BCUT2D eigenvalue weighted by Gasteiger charge is 1.99. The van der Waals surface area contributed by atoms with Crippen molar-refractivity contribution in [3.63, 3.8) is 0 Å². The van der Waals surface area contributed by atoms with Gasteiger partial charge in [-0.25, -0.2) is 10.5 Å². The van der Waals surface area contributed by atoms with E-state index in [2.05, 4.69) is 17.2 Å². The zero-order valence-electron chi connectivity index (χ0n) is 6.77. The van der Waals surface area contributed by atoms with Crippen molar-refractivity contribution in [2.24, 2.45) is 10.7 Å². The first-order chi connectivity index (χ1) is 6.24. The van der Waals surface area contributed by atoms with Crippen molar-refractivity contribution in [3.05, 3.63) is 30.3 Å². The Bertz CT molecular complexity index is 323. The summed E-state index contributed by atoms with van der Waals surface area (Å²) in [5.74, 6) is 0.0844. The van der Waals surface area contributed by atoms with Crippen LogP contribution in [0.5, 0.6) is 0 Å². The molecule has 0 aliphatic rings. The first kappa shape index (κ1) is 9.63. The van der Waals surface area contributed by atoms with Crippen LogP contribution >= 0.6 is 12.2 Å². The van der Waals surface area contributed by atoms with Gasteiger partial charge in [-0.2, -0.15) is 0 Å². The van der Waals surface area contributed by atoms with Crippen LogP contribution in [0.25, 0.3) is 0 Å². The van der Waals surface area contributed by atoms with Gasteiger partial charge in [-0.15, -0.1) is 0 Å². The van der Waals surface area contributed by atoms with Crippen molar-refractivity contribution in [1.29, 1.82) is 0 Å². The van der Waals surface area contributed by atoms with Gasteiger partial charge in [-0.05, 0) is 12.1 Å². The molecule has 0 saturated carbocycles. The van der Waals surface area contributed by atoms with Gasteiger partial charge < -0.3 is 5.73 Å². The van der Waals surface area contributed by atoms with Crippen LogP contribution in [0.2, 0.25) is 0 Å². The number of hydrogen-bond acceptors (Lipinski definition) is 3. The van der Waals surface area contributed by atoms with Crippen LogP contribution in [0.1, 0.15) is 0 Å². The number of thiocarbonyl (C=S) groups is 1. The number of nitrogens with zero attached hydrogens (tertiary/aromatic N) is 1. The lowest BCUT2D eigenvalue weighted by molar-refractivity contribution is 0.237. The van der Waals surface area contributed by atoms with E-state index >= 15 is 0 Å². The first-order valence-corrected chi connectivity index (χ1v) is 3.98. The number of nitrogens with two attached hydrogens (primary N) is 1. The third kappa shape index (κ3) is 2.81. The lowest BCUT2D eigenvalue weighted by Crippen LogP contribution is -2.32. The van der Waals surface area contributed by atoms with E-state index in [1.54, 1.807) is 12.1 Å². The number of hydrogen-bond donors (Lipinski definition) is 3. The second-order valence-electron chi connectivity index (χ2n) is 2.27. The minimum atomic E-state index is 0.0198. The molecule has 68 valence electrons. The van der Waals surface area contributed by atoms with E-state index in [1.165, 1.54) is 0 Å². The summed E-state index contributed by atoms with van der Waals surface area (Å²) in [5, 5.41) is 8.61. The molecule has 0 unspecified atom stereocenters. The highest BCUT2D eigenvalue weighted by atomic mass is 32.1. The second kappa shape index (κ2) is 4.54. The molecule has 0 bridgehead atoms. The highest BCUT2D eigenvalue weighted by molar-refractivity contribution is 7.82. The molecule has 0 fully saturated rings. The van der Waals surface area contributed by atoms with E-state index in [0.29, 0.717) is 5.69 Å². The lowest BCUT2D eigenvalue weighted by Gasteiger charge is -2.00. The number of rotatable bonds is 1. The number of para-hydroxylation sites is 1. The maximum atomic E-state index is 8.61. The Hall–Kier alpha value is -1.46. The molecule has 4 nitrogen and oxygen atoms in total. The maximum absolute atomic E-state index is 8.61. The molecule has 0 radical (unpaired) electrons. The molecule has 0 atom stereocenters. The molecule has 0 saturated heterocycles. The van der Waals surface area contributed by atoms with E-state index < -0.39 is 0 Å². The van der Waals surface area contributed by atoms with Crippen LogP contribution in [0.4, 0.5) is 5.69 Å². The molecule has 5 heteroatoms. The second-order valence-corrected chi connectivity index (χ2v) is 2.71. The fraction of sp³-hybridized carbons (Fsp3) is 0. The minimum absolute atomic E-state index is 0.0198. The molecule has 1 rings (SSSR count). The van der Waals surface area contributed by atoms with Crippen LogP contribution in [-0.2, 0) is 0 Å². The lowest BCUT2D eigenvalue weighted by atomic mass is 10.3. The molecule has 0 aromatic heterocycles. The third-order valence-electron chi connectivity index (χ3n) is 1.34. The largest absolute Gasteiger partial charge is 0.387 e. The van der Waals surface area contributed by atoms with Gasteiger partial charge in [0.25, 0.3) is 0 Å². The van der Waals surface area contributed by atoms with Crippen LogP contribution < -0.4 is 11.2 Å². The summed E-state index contributed by atoms with van der Waals surface area (Å²) >= 11 is 4.64. The van der Waals surface area contributed by atoms with Crippen LogP contribution in [0.3, 0.4) is 0 Å². The van der Waals surface area contributed by atoms with E-state index in [1.807, 2.05) is 23.7 Å². The standard InChI is InChI=1S/C8H9N3OS/c9-7(13)8(11-12)10-6-4-2-1-3-5-6/h1-5,12H,(H2,9,13)(H,10,11). The monoisotopic (exact) mass is 195 g/mol. The molecule has 0 spiro atoms. The molecule has 1 aromatic rings. The van der Waals surface area contributed by atoms with E-state index in [-0.39, 0.29) is 10.8 Å². The van der Waals surface area contributed by atoms with Gasteiger partial charge in [0.1, 0.15) is 4.99 Å². The number of aliphatic imine (C=N–C) groups is 1. The number of hydroxylamine groups is 1. The van der Waals surface area contributed by atoms with Crippen LogP contribution in [0, 0.1) is 0 Å². The van der Waals surface area contributed by atoms with Gasteiger partial charge in [0.2, 0.25) is 0 Å². The Kier molecular flexibility index (Phi) is 3.36. The zero-order chi connectivity index (χ0) is 9.68. The smallest absolute Gasteiger partial charge is 0.185 e. The summed E-state index contributed by atoms with van der Waals surface area (Å²) in [6.45, 7) is 0. The summed E-state index contributed by atoms with van der Waals surface area (Å²) in [4.78, 5) is 3.99. The van der Waals surface area contributed by atoms with Crippen molar-refractivity contribution in [1.82, 2.24) is 5.48 Å². The summed E-state index contributed by atoms with van der Waals surface area (Å²) in [5.41, 5.74) is 7.78. The van der Waals surface area contributed by atoms with E-state index in [4.69, 9.17) is 10.9 Å². The van der Waals surface area contributed by atoms with Crippen molar-refractivity contribution in [2.75, 3.05) is 0 Å². The van der Waals surface area contributed by atoms with Gasteiger partial charge in [0.15, 0.2) is 5.84 Å². The fourth-order valence-electron chi connectivity index (χ4n) is 0.767. The van der Waals surface area contributed by atoms with Crippen molar-refractivity contribution < 1.29 is 5.21 Å². The maximum Gasteiger partial charge on any atom is 0.185 e. The van der Waals surface area contributed by atoms with Crippen LogP contribution in [-0.4, -0.2) is 16.0 Å². The van der Waals surface area contributed by atoms with Crippen LogP contribution in [0.15, 0.2) is 35.3 Å². The number of nitrogens with one attached hydrogen (secondary N) is 1. The van der Waals surface area contributed by atoms with Gasteiger partial charge >= 0.3 is 0 Å². The van der Waals surface area contributed by atoms with E-state index in [9.17, 15) is 0 Å². The average molecular weight is 195 g/mol. The molecule has 0 aliphatic heterocycles. The average Bonchev–Trinajstić information content (AvgIpc) is 2.15. The van der Waals surface area contributed by atoms with Crippen molar-refractivity contribution in [2.45, 2.75) is 0 Å². The molecular weight excluding hydrogens is 186 g/mol. The molecule has 4 N–H and O–H groups in total. The van der Waals surface area contributed by atoms with Gasteiger partial charge in [0, 0.05) is 0 Å². The van der Waals surface area contributed by atoms with Crippen molar-refractivity contribution in [3.8, 4) is 0 Å². The van der Waals surface area contributed by atoms with Gasteiger partial charge in [-0.3, -0.25) is 5.21 Å². The molecule has 0 aliphatic carbocycles. The van der Waals surface area contributed by atoms with Gasteiger partial charge in [-0.1, -0.05) is 30.4 Å². The Morgan fingerprint density at radius 3 is 2.46 bits per heavy atom. The number of benzene rings is 1. The molecule has 1 aromatic carbocycles. The summed E-state index contributed by atoms with van der Waals surface area (Å²) < 4.78 is 0. The Morgan fingerprint density at radius 1 is 1.38 bits per heavy atom. The zero-order valence-corrected chi connectivity index (χ0v) is 7.58. The normalized spacial score (nSPS) is 11.0. The molecule has 13 heavy (non-hydrogen) atoms. The summed E-state index contributed by atoms with van der Waals surface area (Å²) in [7, 11) is 0. The van der Waals surface area contributed by atoms with E-state index in [0.717, 1.165) is 0 Å². The number of amidine groups is 1. The molecule has 0 heterocycles. The summed E-state index contributed by atoms with van der Waals surface area (Å²) in [6.07, 6.45) is 0. The topological polar surface area (TPSA) is 70.6 Å². The molecular formula is C8H9N3OS. The Labute approximate surface area is 81.1 Å². The fourth-order valence-corrected chi connectivity index (χ4v) is 0.858. The summed E-state index contributed by atoms with van der Waals surface area (Å²) in [6, 6.07) is 9.07. The minimum Gasteiger partial charge on any atom is -0.387 e. The molecule has 0 amide bonds. The Morgan fingerprint density at radius 2 is 2.00 bits per heavy atom.